The fraction of sp³-hybridized carbons (Fsp3) is 0.406. The molecule has 214 valence electrons. The average Bonchev–Trinajstić information content (AvgIpc) is 2.91. The number of rotatable bonds is 11. The molecule has 0 aliphatic heterocycles. The fourth-order valence-electron chi connectivity index (χ4n) is 4.66. The Labute approximate surface area is 251 Å². The van der Waals surface area contributed by atoms with E-state index in [-0.39, 0.29) is 13.2 Å². The van der Waals surface area contributed by atoms with Crippen molar-refractivity contribution in [1.29, 1.82) is 0 Å². The number of hydrogen-bond donors (Lipinski definition) is 0. The van der Waals surface area contributed by atoms with E-state index in [9.17, 15) is 8.42 Å². The Morgan fingerprint density at radius 1 is 0.744 bits per heavy atom. The molecule has 0 fully saturated rings. The molecule has 4 nitrogen and oxygen atoms in total. The molecule has 0 heterocycles. The van der Waals surface area contributed by atoms with Gasteiger partial charge < -0.3 is 17.9 Å². The van der Waals surface area contributed by atoms with Gasteiger partial charge in [-0.1, -0.05) is 125 Å². The summed E-state index contributed by atoms with van der Waals surface area (Å²) >= 11 is 1.82. The first-order valence-corrected chi connectivity index (χ1v) is 16.9. The van der Waals surface area contributed by atoms with Crippen molar-refractivity contribution in [2.45, 2.75) is 77.8 Å². The third kappa shape index (κ3) is 10.1. The van der Waals surface area contributed by atoms with Crippen molar-refractivity contribution >= 4 is 19.7 Å². The molecule has 0 radical (unpaired) electrons. The molecule has 0 saturated heterocycles. The Balaban J connectivity index is 0.00000248. The molecular formula is C32H43ClN2O2RuS. The molecule has 0 aromatic heterocycles. The monoisotopic (exact) mass is 656 g/mol. The summed E-state index contributed by atoms with van der Waals surface area (Å²) in [5.41, 5.74) is 15.2. The van der Waals surface area contributed by atoms with Gasteiger partial charge >= 0.3 is 27.0 Å². The van der Waals surface area contributed by atoms with Crippen LogP contribution in [0.4, 0.5) is 0 Å². The zero-order valence-electron chi connectivity index (χ0n) is 24.1. The first-order valence-electron chi connectivity index (χ1n) is 13.1. The second-order valence-electron chi connectivity index (χ2n) is 10.5. The third-order valence-corrected chi connectivity index (χ3v) is 8.02. The summed E-state index contributed by atoms with van der Waals surface area (Å²) in [6.45, 7) is 13.1. The first kappa shape index (κ1) is 35.5. The molecule has 0 aliphatic rings. The van der Waals surface area contributed by atoms with E-state index < -0.39 is 22.1 Å². The van der Waals surface area contributed by atoms with Crippen LogP contribution < -0.4 is 0 Å². The van der Waals surface area contributed by atoms with Crippen LogP contribution in [0, 0.1) is 7.43 Å². The van der Waals surface area contributed by atoms with Crippen molar-refractivity contribution in [1.82, 2.24) is 0 Å². The van der Waals surface area contributed by atoms with Crippen LogP contribution in [0.25, 0.3) is 10.5 Å². The summed E-state index contributed by atoms with van der Waals surface area (Å²) < 4.78 is 31.2. The molecule has 39 heavy (non-hydrogen) atoms. The molecule has 0 saturated carbocycles. The number of nitrogens with one attached hydrogen (secondary N) is 1. The Kier molecular flexibility index (Phi) is 15.1. The van der Waals surface area contributed by atoms with Gasteiger partial charge in [0.15, 0.2) is 0 Å². The SMILES string of the molecule is CC(C)c1cc(C(C)C)c(CCS(=O)(=O)[N-]C(c2ccccc2)C([NH-])c2ccccc2)c(C(C)C)c1.[CH3-].[Cl][Ru+3]. The quantitative estimate of drug-likeness (QED) is 0.152. The molecule has 2 atom stereocenters. The molecule has 3 aromatic rings. The summed E-state index contributed by atoms with van der Waals surface area (Å²) in [6, 6.07) is 21.6. The number of hydrogen-bond acceptors (Lipinski definition) is 2. The zero-order valence-corrected chi connectivity index (χ0v) is 27.4. The number of sulfonamides is 1. The van der Waals surface area contributed by atoms with Crippen molar-refractivity contribution in [2.75, 3.05) is 5.75 Å². The maximum atomic E-state index is 13.4. The summed E-state index contributed by atoms with van der Waals surface area (Å²) in [5.74, 6) is 0.928. The molecule has 0 amide bonds. The number of nitrogens with zero attached hydrogens (tertiary/aromatic N) is 1. The first-order chi connectivity index (χ1) is 18.0. The second kappa shape index (κ2) is 16.6. The van der Waals surface area contributed by atoms with Gasteiger partial charge in [0.1, 0.15) is 0 Å². The van der Waals surface area contributed by atoms with Gasteiger partial charge in [-0.25, -0.2) is 8.42 Å². The Morgan fingerprint density at radius 2 is 1.18 bits per heavy atom. The molecule has 3 rings (SSSR count). The number of halogens is 1. The molecule has 0 bridgehead atoms. The predicted octanol–water partition coefficient (Wildman–Crippen LogP) is 9.97. The summed E-state index contributed by atoms with van der Waals surface area (Å²) in [5, 5.41) is 0. The van der Waals surface area contributed by atoms with Crippen molar-refractivity contribution in [3.63, 3.8) is 0 Å². The summed E-state index contributed by atoms with van der Waals surface area (Å²) in [7, 11) is 0.782. The Bertz CT molecular complexity index is 1200. The Morgan fingerprint density at radius 3 is 1.59 bits per heavy atom. The van der Waals surface area contributed by atoms with E-state index in [1.807, 2.05) is 78.0 Å². The van der Waals surface area contributed by atoms with E-state index in [0.717, 1.165) is 16.7 Å². The van der Waals surface area contributed by atoms with Crippen molar-refractivity contribution in [3.8, 4) is 0 Å². The Hall–Kier alpha value is -1.56. The molecule has 0 aliphatic carbocycles. The zero-order chi connectivity index (χ0) is 28.5. The third-order valence-electron chi connectivity index (χ3n) is 6.75. The van der Waals surface area contributed by atoms with Crippen LogP contribution in [0.3, 0.4) is 0 Å². The van der Waals surface area contributed by atoms with Crippen LogP contribution >= 0.6 is 9.69 Å². The summed E-state index contributed by atoms with van der Waals surface area (Å²) in [6.07, 6.45) is 0.417. The van der Waals surface area contributed by atoms with Gasteiger partial charge in [-0.05, 0) is 46.4 Å². The van der Waals surface area contributed by atoms with Gasteiger partial charge in [0, 0.05) is 5.75 Å². The van der Waals surface area contributed by atoms with Gasteiger partial charge in [0.25, 0.3) is 0 Å². The average molecular weight is 656 g/mol. The van der Waals surface area contributed by atoms with Crippen molar-refractivity contribution in [3.05, 3.63) is 124 Å². The molecule has 1 N–H and O–H groups in total. The minimum atomic E-state index is -3.79. The van der Waals surface area contributed by atoms with E-state index in [0.29, 0.717) is 24.2 Å². The predicted molar refractivity (Wildman–Crippen MR) is 165 cm³/mol. The van der Waals surface area contributed by atoms with Crippen molar-refractivity contribution < 1.29 is 25.7 Å². The van der Waals surface area contributed by atoms with Crippen LogP contribution in [0.5, 0.6) is 0 Å². The van der Waals surface area contributed by atoms with Gasteiger partial charge in [0.2, 0.25) is 0 Å². The van der Waals surface area contributed by atoms with E-state index in [1.165, 1.54) is 16.7 Å². The molecular weight excluding hydrogens is 613 g/mol. The van der Waals surface area contributed by atoms with Gasteiger partial charge in [-0.3, -0.25) is 0 Å². The topological polar surface area (TPSA) is 72.0 Å². The van der Waals surface area contributed by atoms with Crippen LogP contribution in [0.2, 0.25) is 0 Å². The maximum absolute atomic E-state index is 13.4. The molecule has 3 aromatic carbocycles. The van der Waals surface area contributed by atoms with E-state index in [4.69, 9.17) is 5.73 Å². The van der Waals surface area contributed by atoms with Crippen LogP contribution in [0.15, 0.2) is 72.8 Å². The van der Waals surface area contributed by atoms with Crippen molar-refractivity contribution in [2.24, 2.45) is 0 Å². The second-order valence-corrected chi connectivity index (χ2v) is 12.3. The minimum absolute atomic E-state index is 0. The van der Waals surface area contributed by atoms with E-state index in [2.05, 4.69) is 68.1 Å². The van der Waals surface area contributed by atoms with Gasteiger partial charge in [-0.15, -0.1) is 12.1 Å². The van der Waals surface area contributed by atoms with Crippen LogP contribution in [-0.2, 0) is 33.8 Å². The molecule has 2 unspecified atom stereocenters. The van der Waals surface area contributed by atoms with Crippen LogP contribution in [-0.4, -0.2) is 14.2 Å². The summed E-state index contributed by atoms with van der Waals surface area (Å²) in [4.78, 5) is 0. The van der Waals surface area contributed by atoms with Gasteiger partial charge in [0.05, 0.1) is 10.0 Å². The van der Waals surface area contributed by atoms with Crippen LogP contribution in [0.1, 0.15) is 105 Å². The van der Waals surface area contributed by atoms with E-state index in [1.54, 1.807) is 0 Å². The standard InChI is InChI=1S/C31H40N2O2S.CH3.ClH.Ru/c1-21(2)26-19-28(22(3)4)27(29(20-26)23(5)6)17-18-36(34,35)33-31(25-15-11-8-12-16-25)30(32)24-13-9-7-10-14-24;;;/h7-16,19-23,30-32H,17-18H2,1-6H3;1H3;1H;/q-2;-1;;+4/p-1. The van der Waals surface area contributed by atoms with Gasteiger partial charge in [-0.2, -0.15) is 0 Å². The molecule has 0 spiro atoms. The number of benzene rings is 3. The fourth-order valence-corrected chi connectivity index (χ4v) is 5.81. The normalized spacial score (nSPS) is 13.0. The van der Waals surface area contributed by atoms with E-state index >= 15 is 0 Å². The molecule has 7 heteroatoms.